The van der Waals surface area contributed by atoms with E-state index in [1.807, 2.05) is 13.2 Å². The van der Waals surface area contributed by atoms with E-state index in [-0.39, 0.29) is 17.3 Å². The Kier molecular flexibility index (Phi) is 4.96. The van der Waals surface area contributed by atoms with Crippen LogP contribution in [0.5, 0.6) is 0 Å². The van der Waals surface area contributed by atoms with Crippen LogP contribution in [-0.2, 0) is 0 Å². The molecule has 1 aromatic rings. The Balaban J connectivity index is 2.76. The average Bonchev–Trinajstić information content (AvgIpc) is 2.34. The highest BCUT2D eigenvalue weighted by Gasteiger charge is 2.14. The fourth-order valence-electron chi connectivity index (χ4n) is 1.28. The molecule has 0 fully saturated rings. The normalized spacial score (nSPS) is 11.9. The van der Waals surface area contributed by atoms with Gasteiger partial charge in [-0.05, 0) is 18.4 Å². The lowest BCUT2D eigenvalue weighted by Crippen LogP contribution is -2.29. The number of nitro groups is 1. The van der Waals surface area contributed by atoms with Crippen LogP contribution in [0.25, 0.3) is 0 Å². The molecule has 3 N–H and O–H groups in total. The van der Waals surface area contributed by atoms with E-state index < -0.39 is 4.92 Å². The Bertz CT molecular complexity index is 465. The van der Waals surface area contributed by atoms with Gasteiger partial charge in [0, 0.05) is 23.4 Å². The van der Waals surface area contributed by atoms with Crippen molar-refractivity contribution in [3.05, 3.63) is 33.9 Å². The van der Waals surface area contributed by atoms with Crippen LogP contribution in [-0.4, -0.2) is 28.9 Å². The highest BCUT2D eigenvalue weighted by atomic mass is 32.2. The van der Waals surface area contributed by atoms with E-state index in [0.717, 1.165) is 0 Å². The lowest BCUT2D eigenvalue weighted by atomic mass is 10.1. The molecule has 6 nitrogen and oxygen atoms in total. The van der Waals surface area contributed by atoms with Gasteiger partial charge >= 0.3 is 0 Å². The van der Waals surface area contributed by atoms with Crippen LogP contribution >= 0.6 is 11.8 Å². The Hall–Kier alpha value is -1.76. The fourth-order valence-corrected chi connectivity index (χ4v) is 1.53. The second-order valence-electron chi connectivity index (χ2n) is 3.79. The van der Waals surface area contributed by atoms with Crippen molar-refractivity contribution < 1.29 is 9.72 Å². The summed E-state index contributed by atoms with van der Waals surface area (Å²) >= 11 is 1.64. The maximum Gasteiger partial charge on any atom is 0.292 e. The highest BCUT2D eigenvalue weighted by molar-refractivity contribution is 7.99. The number of hydrogen-bond donors (Lipinski definition) is 2. The van der Waals surface area contributed by atoms with E-state index in [1.165, 1.54) is 18.2 Å². The predicted molar refractivity (Wildman–Crippen MR) is 72.8 cm³/mol. The van der Waals surface area contributed by atoms with E-state index in [1.54, 1.807) is 11.8 Å². The Morgan fingerprint density at radius 1 is 1.61 bits per heavy atom. The highest BCUT2D eigenvalue weighted by Crippen LogP contribution is 2.21. The van der Waals surface area contributed by atoms with Gasteiger partial charge in [0.15, 0.2) is 0 Å². The number of nitrogen functional groups attached to an aromatic ring is 1. The van der Waals surface area contributed by atoms with E-state index in [4.69, 9.17) is 5.73 Å². The first-order chi connectivity index (χ1) is 8.45. The Morgan fingerprint density at radius 2 is 2.28 bits per heavy atom. The van der Waals surface area contributed by atoms with Crippen LogP contribution < -0.4 is 11.1 Å². The second-order valence-corrected chi connectivity index (χ2v) is 5.06. The van der Waals surface area contributed by atoms with Crippen LogP contribution in [0.2, 0.25) is 0 Å². The molecule has 0 aliphatic carbocycles. The molecule has 18 heavy (non-hydrogen) atoms. The number of nitrogens with two attached hydrogens (primary N) is 1. The molecule has 0 radical (unpaired) electrons. The molecule has 0 saturated heterocycles. The van der Waals surface area contributed by atoms with Gasteiger partial charge in [-0.2, -0.15) is 11.8 Å². The van der Waals surface area contributed by atoms with Gasteiger partial charge in [-0.15, -0.1) is 0 Å². The molecule has 1 rings (SSSR count). The molecular weight excluding hydrogens is 254 g/mol. The minimum absolute atomic E-state index is 0.00874. The summed E-state index contributed by atoms with van der Waals surface area (Å²) in [7, 11) is 0. The topological polar surface area (TPSA) is 98.3 Å². The zero-order valence-corrected chi connectivity index (χ0v) is 11.0. The predicted octanol–water partition coefficient (Wildman–Crippen LogP) is 1.66. The van der Waals surface area contributed by atoms with Crippen LogP contribution in [0.4, 0.5) is 11.4 Å². The van der Waals surface area contributed by atoms with E-state index in [0.29, 0.717) is 17.4 Å². The van der Waals surface area contributed by atoms with E-state index in [9.17, 15) is 14.9 Å². The Morgan fingerprint density at radius 3 is 2.78 bits per heavy atom. The number of nitro benzene ring substituents is 1. The second kappa shape index (κ2) is 6.25. The SMILES string of the molecule is CSC(C)CNC(=O)c1ccc([N+](=O)[O-])c(N)c1. The third kappa shape index (κ3) is 3.63. The molecule has 0 bridgehead atoms. The van der Waals surface area contributed by atoms with Gasteiger partial charge in [0.2, 0.25) is 0 Å². The van der Waals surface area contributed by atoms with E-state index >= 15 is 0 Å². The molecule has 0 spiro atoms. The first-order valence-corrected chi connectivity index (χ1v) is 6.59. The van der Waals surface area contributed by atoms with Crippen molar-refractivity contribution in [1.29, 1.82) is 0 Å². The average molecular weight is 269 g/mol. The number of thioether (sulfide) groups is 1. The minimum Gasteiger partial charge on any atom is -0.393 e. The molecular formula is C11H15N3O3S. The maximum atomic E-state index is 11.8. The number of carbonyl (C=O) groups excluding carboxylic acids is 1. The third-order valence-electron chi connectivity index (χ3n) is 2.44. The number of rotatable bonds is 5. The van der Waals surface area contributed by atoms with E-state index in [2.05, 4.69) is 5.32 Å². The Labute approximate surface area is 109 Å². The number of nitrogens with one attached hydrogen (secondary N) is 1. The zero-order valence-electron chi connectivity index (χ0n) is 10.2. The number of nitrogens with zero attached hydrogens (tertiary/aromatic N) is 1. The van der Waals surface area contributed by atoms with Crippen molar-refractivity contribution >= 4 is 29.0 Å². The third-order valence-corrected chi connectivity index (χ3v) is 3.41. The monoisotopic (exact) mass is 269 g/mol. The summed E-state index contributed by atoms with van der Waals surface area (Å²) in [5.41, 5.74) is 5.64. The molecule has 7 heteroatoms. The van der Waals surface area contributed by atoms with Crippen molar-refractivity contribution in [2.45, 2.75) is 12.2 Å². The number of amides is 1. The summed E-state index contributed by atoms with van der Waals surface area (Å²) in [5.74, 6) is -0.280. The quantitative estimate of drug-likeness (QED) is 0.481. The van der Waals surface area contributed by atoms with Gasteiger partial charge in [0.25, 0.3) is 11.6 Å². The first kappa shape index (κ1) is 14.3. The smallest absolute Gasteiger partial charge is 0.292 e. The maximum absolute atomic E-state index is 11.8. The summed E-state index contributed by atoms with van der Waals surface area (Å²) < 4.78 is 0. The lowest BCUT2D eigenvalue weighted by molar-refractivity contribution is -0.383. The number of carbonyl (C=O) groups is 1. The van der Waals surface area contributed by atoms with Gasteiger partial charge in [0.05, 0.1) is 4.92 Å². The van der Waals surface area contributed by atoms with Crippen LogP contribution in [0, 0.1) is 10.1 Å². The molecule has 1 aromatic carbocycles. The van der Waals surface area contributed by atoms with Crippen LogP contribution in [0.15, 0.2) is 18.2 Å². The van der Waals surface area contributed by atoms with Gasteiger partial charge in [0.1, 0.15) is 5.69 Å². The first-order valence-electron chi connectivity index (χ1n) is 5.30. The fraction of sp³-hybridized carbons (Fsp3) is 0.364. The van der Waals surface area contributed by atoms with Crippen molar-refractivity contribution in [2.75, 3.05) is 18.5 Å². The summed E-state index contributed by atoms with van der Waals surface area (Å²) in [6.07, 6.45) is 1.96. The molecule has 0 aliphatic heterocycles. The number of benzene rings is 1. The molecule has 1 amide bonds. The molecule has 1 atom stereocenters. The summed E-state index contributed by atoms with van der Waals surface area (Å²) in [6, 6.07) is 3.95. The van der Waals surface area contributed by atoms with Crippen molar-refractivity contribution in [3.63, 3.8) is 0 Å². The largest absolute Gasteiger partial charge is 0.393 e. The standard InChI is InChI=1S/C11H15N3O3S/c1-7(18-2)6-13-11(15)8-3-4-10(14(16)17)9(12)5-8/h3-5,7H,6,12H2,1-2H3,(H,13,15). The lowest BCUT2D eigenvalue weighted by Gasteiger charge is -2.10. The van der Waals surface area contributed by atoms with Gasteiger partial charge in [-0.3, -0.25) is 14.9 Å². The summed E-state index contributed by atoms with van der Waals surface area (Å²) in [4.78, 5) is 21.8. The number of anilines is 1. The van der Waals surface area contributed by atoms with Crippen molar-refractivity contribution in [1.82, 2.24) is 5.32 Å². The summed E-state index contributed by atoms with van der Waals surface area (Å²) in [5, 5.41) is 13.6. The molecule has 1 unspecified atom stereocenters. The molecule has 0 heterocycles. The van der Waals surface area contributed by atoms with Gasteiger partial charge < -0.3 is 11.1 Å². The molecule has 0 aromatic heterocycles. The minimum atomic E-state index is -0.577. The molecule has 0 aliphatic rings. The zero-order chi connectivity index (χ0) is 13.7. The van der Waals surface area contributed by atoms with Crippen molar-refractivity contribution in [2.24, 2.45) is 0 Å². The van der Waals surface area contributed by atoms with Gasteiger partial charge in [-0.25, -0.2) is 0 Å². The molecule has 0 saturated carbocycles. The van der Waals surface area contributed by atoms with Crippen LogP contribution in [0.1, 0.15) is 17.3 Å². The number of hydrogen-bond acceptors (Lipinski definition) is 5. The molecule has 98 valence electrons. The van der Waals surface area contributed by atoms with Crippen molar-refractivity contribution in [3.8, 4) is 0 Å². The van der Waals surface area contributed by atoms with Crippen LogP contribution in [0.3, 0.4) is 0 Å². The summed E-state index contributed by atoms with van der Waals surface area (Å²) in [6.45, 7) is 2.53. The van der Waals surface area contributed by atoms with Gasteiger partial charge in [-0.1, -0.05) is 6.92 Å².